The second-order valence-corrected chi connectivity index (χ2v) is 14.9. The molecule has 10 rings (SSSR count). The van der Waals surface area contributed by atoms with Crippen LogP contribution in [0, 0.1) is 0 Å². The number of rotatable bonds is 7. The van der Waals surface area contributed by atoms with Crippen molar-refractivity contribution >= 4 is 31.6 Å². The van der Waals surface area contributed by atoms with Gasteiger partial charge in [0.05, 0.1) is 15.9 Å². The van der Waals surface area contributed by atoms with Crippen molar-refractivity contribution in [2.75, 3.05) is 0 Å². The molecule has 0 saturated heterocycles. The molecule has 55 heavy (non-hydrogen) atoms. The van der Waals surface area contributed by atoms with E-state index in [2.05, 4.69) is 200 Å². The first-order valence-corrected chi connectivity index (χ1v) is 19.4. The number of aromatic nitrogens is 2. The lowest BCUT2D eigenvalue weighted by molar-refractivity contribution is 1.24. The molecule has 0 saturated carbocycles. The Bertz CT molecular complexity index is 2890. The van der Waals surface area contributed by atoms with Crippen molar-refractivity contribution < 1.29 is 0 Å². The molecule has 0 radical (unpaired) electrons. The number of hydrogen-bond acceptors (Lipinski definition) is 3. The van der Waals surface area contributed by atoms with Crippen molar-refractivity contribution in [1.29, 1.82) is 0 Å². The molecule has 0 spiro atoms. The Kier molecular flexibility index (Phi) is 8.40. The SMILES string of the molecule is c1ccc(-c2cc(-c3ccccc3)cc(-c3ccc(-c4cccc(-c5cccc(-c6nc(-c7ccccc7)c7sc8ccccc8c7n6)c5)c4)cc3)c2)cc1. The standard InChI is InChI=1S/C52H34N2S/c1-4-14-35(15-5-1)44-32-45(36-16-6-2-7-17-36)34-46(33-44)38-28-26-37(27-29-38)40-20-12-21-41(30-40)42-22-13-23-43(31-42)52-53-49(39-18-8-3-9-19-39)51-50(54-52)47-24-10-11-25-48(47)55-51/h1-34H. The summed E-state index contributed by atoms with van der Waals surface area (Å²) in [5, 5.41) is 1.17. The Balaban J connectivity index is 0.994. The number of benzene rings is 8. The van der Waals surface area contributed by atoms with E-state index < -0.39 is 0 Å². The van der Waals surface area contributed by atoms with E-state index in [1.807, 2.05) is 6.07 Å². The zero-order valence-electron chi connectivity index (χ0n) is 29.9. The highest BCUT2D eigenvalue weighted by Crippen LogP contribution is 2.40. The van der Waals surface area contributed by atoms with E-state index in [9.17, 15) is 0 Å². The highest BCUT2D eigenvalue weighted by molar-refractivity contribution is 7.26. The Morgan fingerprint density at radius 2 is 0.691 bits per heavy atom. The van der Waals surface area contributed by atoms with Gasteiger partial charge in [0.2, 0.25) is 0 Å². The van der Waals surface area contributed by atoms with Crippen LogP contribution in [0.2, 0.25) is 0 Å². The summed E-state index contributed by atoms with van der Waals surface area (Å²) in [6.07, 6.45) is 0. The first-order valence-electron chi connectivity index (χ1n) is 18.6. The summed E-state index contributed by atoms with van der Waals surface area (Å²) < 4.78 is 2.34. The summed E-state index contributed by atoms with van der Waals surface area (Å²) in [7, 11) is 0. The van der Waals surface area contributed by atoms with E-state index in [0.717, 1.165) is 44.0 Å². The number of hydrogen-bond donors (Lipinski definition) is 0. The zero-order chi connectivity index (χ0) is 36.6. The van der Waals surface area contributed by atoms with Gasteiger partial charge in [0, 0.05) is 21.2 Å². The molecule has 0 bridgehead atoms. The summed E-state index contributed by atoms with van der Waals surface area (Å²) in [4.78, 5) is 10.4. The smallest absolute Gasteiger partial charge is 0.160 e. The minimum absolute atomic E-state index is 0.732. The minimum atomic E-state index is 0.732. The number of nitrogens with zero attached hydrogens (tertiary/aromatic N) is 2. The maximum atomic E-state index is 5.21. The predicted molar refractivity (Wildman–Crippen MR) is 233 cm³/mol. The molecular formula is C52H34N2S. The maximum absolute atomic E-state index is 5.21. The molecule has 0 fully saturated rings. The van der Waals surface area contributed by atoms with Gasteiger partial charge in [-0.2, -0.15) is 0 Å². The Labute approximate surface area is 324 Å². The van der Waals surface area contributed by atoms with Crippen molar-refractivity contribution in [2.24, 2.45) is 0 Å². The summed E-state index contributed by atoms with van der Waals surface area (Å²) in [6.45, 7) is 0. The summed E-state index contributed by atoms with van der Waals surface area (Å²) in [6, 6.07) is 73.5. The van der Waals surface area contributed by atoms with Gasteiger partial charge in [-0.1, -0.05) is 170 Å². The van der Waals surface area contributed by atoms with Crippen LogP contribution in [0.15, 0.2) is 206 Å². The quantitative estimate of drug-likeness (QED) is 0.164. The molecule has 0 aliphatic carbocycles. The molecule has 0 aliphatic rings. The van der Waals surface area contributed by atoms with Crippen LogP contribution in [0.5, 0.6) is 0 Å². The maximum Gasteiger partial charge on any atom is 0.160 e. The third kappa shape index (κ3) is 6.41. The lowest BCUT2D eigenvalue weighted by Crippen LogP contribution is -1.94. The average molecular weight is 719 g/mol. The van der Waals surface area contributed by atoms with E-state index in [1.54, 1.807) is 11.3 Å². The van der Waals surface area contributed by atoms with Crippen LogP contribution in [0.25, 0.3) is 98.6 Å². The predicted octanol–water partition coefficient (Wildman–Crippen LogP) is 14.5. The van der Waals surface area contributed by atoms with Crippen molar-refractivity contribution in [2.45, 2.75) is 0 Å². The molecule has 0 aliphatic heterocycles. The Morgan fingerprint density at radius 1 is 0.291 bits per heavy atom. The first-order chi connectivity index (χ1) is 27.2. The van der Waals surface area contributed by atoms with Gasteiger partial charge in [0.25, 0.3) is 0 Å². The van der Waals surface area contributed by atoms with Gasteiger partial charge in [-0.3, -0.25) is 0 Å². The van der Waals surface area contributed by atoms with Gasteiger partial charge in [0.1, 0.15) is 0 Å². The van der Waals surface area contributed by atoms with Gasteiger partial charge in [-0.15, -0.1) is 11.3 Å². The van der Waals surface area contributed by atoms with Crippen molar-refractivity contribution in [1.82, 2.24) is 9.97 Å². The highest BCUT2D eigenvalue weighted by atomic mass is 32.1. The third-order valence-corrected chi connectivity index (χ3v) is 11.4. The van der Waals surface area contributed by atoms with Gasteiger partial charge in [0.15, 0.2) is 5.82 Å². The fourth-order valence-corrected chi connectivity index (χ4v) is 8.63. The molecule has 2 heterocycles. The molecule has 0 unspecified atom stereocenters. The van der Waals surface area contributed by atoms with Crippen LogP contribution in [-0.4, -0.2) is 9.97 Å². The van der Waals surface area contributed by atoms with E-state index in [0.29, 0.717) is 0 Å². The molecule has 8 aromatic carbocycles. The largest absolute Gasteiger partial charge is 0.226 e. The molecule has 3 heteroatoms. The molecule has 10 aromatic rings. The van der Waals surface area contributed by atoms with Gasteiger partial charge in [-0.05, 0) is 92.0 Å². The van der Waals surface area contributed by atoms with Crippen molar-refractivity contribution in [3.05, 3.63) is 206 Å². The highest BCUT2D eigenvalue weighted by Gasteiger charge is 2.17. The lowest BCUT2D eigenvalue weighted by Gasteiger charge is -2.12. The second-order valence-electron chi connectivity index (χ2n) is 13.8. The monoisotopic (exact) mass is 718 g/mol. The molecule has 258 valence electrons. The lowest BCUT2D eigenvalue weighted by atomic mass is 9.92. The Hall–Kier alpha value is -6.94. The fourth-order valence-electron chi connectivity index (χ4n) is 7.47. The van der Waals surface area contributed by atoms with Crippen LogP contribution in [0.3, 0.4) is 0 Å². The first kappa shape index (κ1) is 32.7. The number of fused-ring (bicyclic) bond motifs is 3. The molecule has 0 amide bonds. The molecule has 0 N–H and O–H groups in total. The molecule has 2 aromatic heterocycles. The van der Waals surface area contributed by atoms with E-state index >= 15 is 0 Å². The zero-order valence-corrected chi connectivity index (χ0v) is 30.7. The Morgan fingerprint density at radius 3 is 1.27 bits per heavy atom. The normalized spacial score (nSPS) is 11.3. The van der Waals surface area contributed by atoms with Crippen LogP contribution in [0.4, 0.5) is 0 Å². The van der Waals surface area contributed by atoms with Crippen molar-refractivity contribution in [3.8, 4) is 78.3 Å². The van der Waals surface area contributed by atoms with Crippen LogP contribution < -0.4 is 0 Å². The number of thiophene rings is 1. The molecular weight excluding hydrogens is 685 g/mol. The molecule has 2 nitrogen and oxygen atoms in total. The van der Waals surface area contributed by atoms with E-state index in [1.165, 1.54) is 54.6 Å². The summed E-state index contributed by atoms with van der Waals surface area (Å²) in [5.74, 6) is 0.732. The van der Waals surface area contributed by atoms with Gasteiger partial charge >= 0.3 is 0 Å². The topological polar surface area (TPSA) is 25.8 Å². The average Bonchev–Trinajstić information content (AvgIpc) is 3.66. The third-order valence-electron chi connectivity index (χ3n) is 10.3. The molecule has 0 atom stereocenters. The van der Waals surface area contributed by atoms with E-state index in [-0.39, 0.29) is 0 Å². The van der Waals surface area contributed by atoms with Crippen LogP contribution >= 0.6 is 11.3 Å². The summed E-state index contributed by atoms with van der Waals surface area (Å²) >= 11 is 1.76. The van der Waals surface area contributed by atoms with Gasteiger partial charge in [-0.25, -0.2) is 9.97 Å². The van der Waals surface area contributed by atoms with E-state index in [4.69, 9.17) is 9.97 Å². The second kappa shape index (κ2) is 14.1. The van der Waals surface area contributed by atoms with Crippen LogP contribution in [-0.2, 0) is 0 Å². The van der Waals surface area contributed by atoms with Gasteiger partial charge < -0.3 is 0 Å². The van der Waals surface area contributed by atoms with Crippen molar-refractivity contribution in [3.63, 3.8) is 0 Å². The van der Waals surface area contributed by atoms with Crippen LogP contribution in [0.1, 0.15) is 0 Å². The minimum Gasteiger partial charge on any atom is -0.226 e. The summed E-state index contributed by atoms with van der Waals surface area (Å²) in [5.41, 5.74) is 15.9. The fraction of sp³-hybridized carbons (Fsp3) is 0.